The smallest absolute Gasteiger partial charge is 0.154 e. The van der Waals surface area contributed by atoms with E-state index in [0.29, 0.717) is 12.5 Å². The summed E-state index contributed by atoms with van der Waals surface area (Å²) >= 11 is 0. The minimum absolute atomic E-state index is 0.274. The van der Waals surface area contributed by atoms with Gasteiger partial charge in [-0.25, -0.2) is 8.78 Å². The first-order valence-electron chi connectivity index (χ1n) is 6.51. The fraction of sp³-hybridized carbons (Fsp3) is 0.571. The van der Waals surface area contributed by atoms with E-state index in [4.69, 9.17) is 4.74 Å². The molecule has 2 atom stereocenters. The summed E-state index contributed by atoms with van der Waals surface area (Å²) in [6.45, 7) is 0.650. The second-order valence-electron chi connectivity index (χ2n) is 4.72. The molecule has 0 fully saturated rings. The van der Waals surface area contributed by atoms with E-state index in [9.17, 15) is 24.1 Å². The summed E-state index contributed by atoms with van der Waals surface area (Å²) in [6.07, 6.45) is 0.890. The van der Waals surface area contributed by atoms with Crippen LogP contribution in [0.5, 0.6) is 0 Å². The van der Waals surface area contributed by atoms with Gasteiger partial charge in [0.05, 0.1) is 13.2 Å². The zero-order valence-corrected chi connectivity index (χ0v) is 11.4. The van der Waals surface area contributed by atoms with Crippen molar-refractivity contribution < 1.29 is 28.8 Å². The van der Waals surface area contributed by atoms with Crippen LogP contribution >= 0.6 is 0 Å². The Labute approximate surface area is 116 Å². The van der Waals surface area contributed by atoms with Crippen LogP contribution in [0.1, 0.15) is 31.7 Å². The second-order valence-corrected chi connectivity index (χ2v) is 4.72. The molecule has 0 heterocycles. The molecule has 0 aromatic heterocycles. The highest BCUT2D eigenvalue weighted by Crippen LogP contribution is 2.25. The molecule has 0 radical (unpaired) electrons. The van der Waals surface area contributed by atoms with Gasteiger partial charge >= 0.3 is 0 Å². The third-order valence-electron chi connectivity index (χ3n) is 3.01. The van der Waals surface area contributed by atoms with Crippen LogP contribution in [-0.2, 0) is 10.3 Å². The lowest BCUT2D eigenvalue weighted by atomic mass is 9.95. The average molecular weight is 290 g/mol. The predicted molar refractivity (Wildman–Crippen MR) is 68.8 cm³/mol. The van der Waals surface area contributed by atoms with E-state index in [1.165, 1.54) is 0 Å². The Balaban J connectivity index is 2.75. The number of hydrogen-bond acceptors (Lipinski definition) is 4. The molecular weight excluding hydrogens is 270 g/mol. The summed E-state index contributed by atoms with van der Waals surface area (Å²) in [5.41, 5.74) is -2.30. The molecule has 0 aliphatic heterocycles. The maximum absolute atomic E-state index is 13.6. The third-order valence-corrected chi connectivity index (χ3v) is 3.01. The molecular formula is C14H20F2O4. The molecule has 3 N–H and O–H groups in total. The van der Waals surface area contributed by atoms with Gasteiger partial charge in [-0.3, -0.25) is 0 Å². The minimum Gasteiger partial charge on any atom is -0.393 e. The molecule has 114 valence electrons. The standard InChI is InChI=1S/C14H20F2O4/c1-2-3-4-13(18)20-9-14(19,8-17)11-6-5-10(15)7-12(11)16/h5-7,13,17-19H,2-4,8-9H2,1H3/t13?,14-/m1/s1. The molecule has 0 aliphatic rings. The van der Waals surface area contributed by atoms with Gasteiger partial charge in [0.15, 0.2) is 6.29 Å². The van der Waals surface area contributed by atoms with Crippen molar-refractivity contribution in [1.29, 1.82) is 0 Å². The highest BCUT2D eigenvalue weighted by atomic mass is 19.1. The lowest BCUT2D eigenvalue weighted by molar-refractivity contribution is -0.165. The van der Waals surface area contributed by atoms with Crippen molar-refractivity contribution in [3.05, 3.63) is 35.4 Å². The van der Waals surface area contributed by atoms with Crippen LogP contribution in [0.2, 0.25) is 0 Å². The number of aliphatic hydroxyl groups excluding tert-OH is 2. The number of unbranched alkanes of at least 4 members (excludes halogenated alkanes) is 1. The molecule has 1 aromatic carbocycles. The predicted octanol–water partition coefficient (Wildman–Crippen LogP) is 1.67. The maximum Gasteiger partial charge on any atom is 0.154 e. The lowest BCUT2D eigenvalue weighted by Crippen LogP contribution is -2.38. The molecule has 0 saturated heterocycles. The average Bonchev–Trinajstić information content (AvgIpc) is 2.42. The zero-order valence-electron chi connectivity index (χ0n) is 11.4. The van der Waals surface area contributed by atoms with Crippen LogP contribution < -0.4 is 0 Å². The van der Waals surface area contributed by atoms with Crippen molar-refractivity contribution in [2.75, 3.05) is 13.2 Å². The Hall–Kier alpha value is -1.08. The fourth-order valence-corrected chi connectivity index (χ4v) is 1.77. The van der Waals surface area contributed by atoms with Crippen LogP contribution in [0.3, 0.4) is 0 Å². The maximum atomic E-state index is 13.6. The summed E-state index contributed by atoms with van der Waals surface area (Å²) in [5.74, 6) is -1.76. The molecule has 0 bridgehead atoms. The number of rotatable bonds is 8. The highest BCUT2D eigenvalue weighted by Gasteiger charge is 2.33. The van der Waals surface area contributed by atoms with Crippen LogP contribution in [0.4, 0.5) is 8.78 Å². The highest BCUT2D eigenvalue weighted by molar-refractivity contribution is 5.25. The number of hydrogen-bond donors (Lipinski definition) is 3. The largest absolute Gasteiger partial charge is 0.393 e. The Morgan fingerprint density at radius 3 is 2.60 bits per heavy atom. The van der Waals surface area contributed by atoms with Crippen molar-refractivity contribution in [2.24, 2.45) is 0 Å². The van der Waals surface area contributed by atoms with Gasteiger partial charge in [-0.05, 0) is 18.9 Å². The van der Waals surface area contributed by atoms with Crippen molar-refractivity contribution in [3.63, 3.8) is 0 Å². The van der Waals surface area contributed by atoms with E-state index in [1.807, 2.05) is 6.92 Å². The van der Waals surface area contributed by atoms with E-state index >= 15 is 0 Å². The number of ether oxygens (including phenoxy) is 1. The Morgan fingerprint density at radius 1 is 1.35 bits per heavy atom. The number of halogens is 2. The van der Waals surface area contributed by atoms with Crippen LogP contribution in [0.15, 0.2) is 18.2 Å². The van der Waals surface area contributed by atoms with Crippen molar-refractivity contribution in [1.82, 2.24) is 0 Å². The van der Waals surface area contributed by atoms with Crippen LogP contribution in [0, 0.1) is 11.6 Å². The minimum atomic E-state index is -2.02. The van der Waals surface area contributed by atoms with Crippen molar-refractivity contribution in [2.45, 2.75) is 38.1 Å². The van der Waals surface area contributed by atoms with Crippen LogP contribution in [-0.4, -0.2) is 34.8 Å². The summed E-state index contributed by atoms with van der Waals surface area (Å²) in [4.78, 5) is 0. The molecule has 0 saturated carbocycles. The molecule has 1 aromatic rings. The van der Waals surface area contributed by atoms with Crippen molar-refractivity contribution in [3.8, 4) is 0 Å². The third kappa shape index (κ3) is 4.49. The Bertz CT molecular complexity index is 428. The molecule has 0 spiro atoms. The molecule has 0 amide bonds. The lowest BCUT2D eigenvalue weighted by Gasteiger charge is -2.27. The van der Waals surface area contributed by atoms with E-state index in [0.717, 1.165) is 25.0 Å². The van der Waals surface area contributed by atoms with Gasteiger partial charge in [-0.15, -0.1) is 0 Å². The first kappa shape index (κ1) is 17.0. The van der Waals surface area contributed by atoms with E-state index < -0.39 is 36.7 Å². The first-order valence-corrected chi connectivity index (χ1v) is 6.51. The van der Waals surface area contributed by atoms with Gasteiger partial charge < -0.3 is 20.1 Å². The summed E-state index contributed by atoms with van der Waals surface area (Å²) in [6, 6.07) is 2.64. The summed E-state index contributed by atoms with van der Waals surface area (Å²) in [5, 5.41) is 29.0. The monoisotopic (exact) mass is 290 g/mol. The van der Waals surface area contributed by atoms with Crippen LogP contribution in [0.25, 0.3) is 0 Å². The Morgan fingerprint density at radius 2 is 2.05 bits per heavy atom. The topological polar surface area (TPSA) is 69.9 Å². The fourth-order valence-electron chi connectivity index (χ4n) is 1.77. The van der Waals surface area contributed by atoms with E-state index in [2.05, 4.69) is 0 Å². The molecule has 0 aliphatic carbocycles. The van der Waals surface area contributed by atoms with Gasteiger partial charge in [0.1, 0.15) is 17.2 Å². The van der Waals surface area contributed by atoms with Gasteiger partial charge in [0.25, 0.3) is 0 Å². The molecule has 4 nitrogen and oxygen atoms in total. The summed E-state index contributed by atoms with van der Waals surface area (Å²) in [7, 11) is 0. The molecule has 1 rings (SSSR count). The van der Waals surface area contributed by atoms with Gasteiger partial charge in [0.2, 0.25) is 0 Å². The zero-order chi connectivity index (χ0) is 15.2. The van der Waals surface area contributed by atoms with E-state index in [1.54, 1.807) is 0 Å². The van der Waals surface area contributed by atoms with Gasteiger partial charge in [-0.1, -0.05) is 19.4 Å². The Kier molecular flexibility index (Phi) is 6.48. The van der Waals surface area contributed by atoms with E-state index in [-0.39, 0.29) is 5.56 Å². The summed E-state index contributed by atoms with van der Waals surface area (Å²) < 4.78 is 31.5. The number of benzene rings is 1. The molecule has 1 unspecified atom stereocenters. The normalized spacial score (nSPS) is 15.9. The van der Waals surface area contributed by atoms with Gasteiger partial charge in [-0.2, -0.15) is 0 Å². The molecule has 20 heavy (non-hydrogen) atoms. The van der Waals surface area contributed by atoms with Gasteiger partial charge in [0, 0.05) is 11.6 Å². The SMILES string of the molecule is CCCCC(O)OC[C@](O)(CO)c1ccc(F)cc1F. The molecule has 6 heteroatoms. The second kappa shape index (κ2) is 7.64. The first-order chi connectivity index (χ1) is 9.42. The van der Waals surface area contributed by atoms with Crippen molar-refractivity contribution >= 4 is 0 Å². The quantitative estimate of drug-likeness (QED) is 0.637. The number of aliphatic hydroxyl groups is 3.